The highest BCUT2D eigenvalue weighted by Crippen LogP contribution is 2.26. The molecule has 21 heavy (non-hydrogen) atoms. The summed E-state index contributed by atoms with van der Waals surface area (Å²) in [6, 6.07) is 7.24. The Morgan fingerprint density at radius 3 is 2.67 bits per heavy atom. The molecule has 1 aromatic heterocycles. The molecule has 0 radical (unpaired) electrons. The van der Waals surface area contributed by atoms with E-state index in [1.165, 1.54) is 31.5 Å². The van der Waals surface area contributed by atoms with E-state index in [-0.39, 0.29) is 21.9 Å². The van der Waals surface area contributed by atoms with Gasteiger partial charge in [0.25, 0.3) is 10.0 Å². The van der Waals surface area contributed by atoms with E-state index in [1.807, 2.05) is 0 Å². The lowest BCUT2D eigenvalue weighted by Gasteiger charge is -2.12. The van der Waals surface area contributed by atoms with Gasteiger partial charge in [0.1, 0.15) is 10.6 Å². The molecule has 0 unspecified atom stereocenters. The first-order valence-corrected chi connectivity index (χ1v) is 7.27. The van der Waals surface area contributed by atoms with E-state index >= 15 is 0 Å². The van der Waals surface area contributed by atoms with E-state index in [0.717, 1.165) is 6.20 Å². The fraction of sp³-hybridized carbons (Fsp3) is 0.0769. The maximum Gasteiger partial charge on any atom is 0.337 e. The number of benzene rings is 1. The van der Waals surface area contributed by atoms with Crippen LogP contribution in [0.4, 0.5) is 5.69 Å². The fourth-order valence-electron chi connectivity index (χ4n) is 1.70. The molecule has 2 N–H and O–H groups in total. The highest BCUT2D eigenvalue weighted by Gasteiger charge is 2.21. The Labute approximate surface area is 121 Å². The highest BCUT2D eigenvalue weighted by molar-refractivity contribution is 7.92. The zero-order valence-corrected chi connectivity index (χ0v) is 11.8. The molecule has 0 aliphatic carbocycles. The summed E-state index contributed by atoms with van der Waals surface area (Å²) in [7, 11) is -2.64. The van der Waals surface area contributed by atoms with Gasteiger partial charge in [0.05, 0.1) is 24.6 Å². The van der Waals surface area contributed by atoms with Crippen LogP contribution in [0.25, 0.3) is 0 Å². The second-order valence-electron chi connectivity index (χ2n) is 3.98. The zero-order chi connectivity index (χ0) is 15.5. The maximum absolute atomic E-state index is 12.3. The monoisotopic (exact) mass is 308 g/mol. The molecular weight excluding hydrogens is 296 g/mol. The van der Waals surface area contributed by atoms with Gasteiger partial charge in [-0.3, -0.25) is 9.71 Å². The first kappa shape index (κ1) is 14.8. The minimum atomic E-state index is -3.99. The fourth-order valence-corrected chi connectivity index (χ4v) is 2.94. The summed E-state index contributed by atoms with van der Waals surface area (Å²) < 4.78 is 31.9. The van der Waals surface area contributed by atoms with Gasteiger partial charge in [-0.15, -0.1) is 0 Å². The van der Waals surface area contributed by atoms with Crippen molar-refractivity contribution in [3.8, 4) is 5.75 Å². The number of nitrogens with zero attached hydrogens (tertiary/aromatic N) is 1. The van der Waals surface area contributed by atoms with Crippen LogP contribution in [0.5, 0.6) is 5.75 Å². The van der Waals surface area contributed by atoms with Gasteiger partial charge in [-0.1, -0.05) is 12.1 Å². The first-order valence-electron chi connectivity index (χ1n) is 5.79. The third-order valence-electron chi connectivity index (χ3n) is 2.65. The zero-order valence-electron chi connectivity index (χ0n) is 11.0. The number of ether oxygens (including phenoxy) is 1. The predicted molar refractivity (Wildman–Crippen MR) is 75.0 cm³/mol. The van der Waals surface area contributed by atoms with Crippen LogP contribution in [0.15, 0.2) is 47.6 Å². The number of hydrogen-bond donors (Lipinski definition) is 2. The SMILES string of the molecule is COc1ccccc1S(=O)(=O)Nc1cnccc1C(=O)O. The molecule has 0 atom stereocenters. The molecule has 0 bridgehead atoms. The Morgan fingerprint density at radius 2 is 2.00 bits per heavy atom. The number of para-hydroxylation sites is 1. The predicted octanol–water partition coefficient (Wildman–Crippen LogP) is 1.59. The average molecular weight is 308 g/mol. The number of carboxylic acids is 1. The van der Waals surface area contributed by atoms with Crippen molar-refractivity contribution in [3.63, 3.8) is 0 Å². The van der Waals surface area contributed by atoms with E-state index in [9.17, 15) is 13.2 Å². The Balaban J connectivity index is 2.45. The number of methoxy groups -OCH3 is 1. The normalized spacial score (nSPS) is 10.9. The summed E-state index contributed by atoms with van der Waals surface area (Å²) in [5, 5.41) is 9.05. The quantitative estimate of drug-likeness (QED) is 0.869. The van der Waals surface area contributed by atoms with E-state index in [4.69, 9.17) is 9.84 Å². The molecule has 0 amide bonds. The molecule has 0 aliphatic rings. The molecule has 2 rings (SSSR count). The summed E-state index contributed by atoms with van der Waals surface area (Å²) in [5.74, 6) is -1.10. The van der Waals surface area contributed by atoms with Crippen molar-refractivity contribution in [1.82, 2.24) is 4.98 Å². The number of carbonyl (C=O) groups is 1. The van der Waals surface area contributed by atoms with Gasteiger partial charge in [-0.05, 0) is 18.2 Å². The number of nitrogens with one attached hydrogen (secondary N) is 1. The largest absolute Gasteiger partial charge is 0.495 e. The van der Waals surface area contributed by atoms with Crippen molar-refractivity contribution < 1.29 is 23.1 Å². The number of aromatic nitrogens is 1. The van der Waals surface area contributed by atoms with Crippen molar-refractivity contribution >= 4 is 21.7 Å². The van der Waals surface area contributed by atoms with Crippen molar-refractivity contribution in [1.29, 1.82) is 0 Å². The van der Waals surface area contributed by atoms with Crippen molar-refractivity contribution in [2.75, 3.05) is 11.8 Å². The van der Waals surface area contributed by atoms with Gasteiger partial charge in [0.2, 0.25) is 0 Å². The lowest BCUT2D eigenvalue weighted by Crippen LogP contribution is -2.16. The van der Waals surface area contributed by atoms with Crippen LogP contribution in [0, 0.1) is 0 Å². The standard InChI is InChI=1S/C13H12N2O5S/c1-20-11-4-2-3-5-12(11)21(18,19)15-10-8-14-7-6-9(10)13(16)17/h2-8,15H,1H3,(H,16,17). The second-order valence-corrected chi connectivity index (χ2v) is 5.63. The molecule has 2 aromatic rings. The molecule has 7 nitrogen and oxygen atoms in total. The molecule has 0 fully saturated rings. The van der Waals surface area contributed by atoms with Crippen LogP contribution in [0.2, 0.25) is 0 Å². The Morgan fingerprint density at radius 1 is 1.29 bits per heavy atom. The van der Waals surface area contributed by atoms with Crippen LogP contribution in [0.3, 0.4) is 0 Å². The minimum Gasteiger partial charge on any atom is -0.495 e. The van der Waals surface area contributed by atoms with Gasteiger partial charge < -0.3 is 9.84 Å². The Kier molecular flexibility index (Phi) is 4.08. The van der Waals surface area contributed by atoms with Crippen LogP contribution in [-0.2, 0) is 10.0 Å². The lowest BCUT2D eigenvalue weighted by atomic mass is 10.2. The summed E-state index contributed by atoms with van der Waals surface area (Å²) in [5.41, 5.74) is -0.306. The molecule has 1 heterocycles. The summed E-state index contributed by atoms with van der Waals surface area (Å²) >= 11 is 0. The molecule has 110 valence electrons. The Bertz CT molecular complexity index is 774. The number of pyridine rings is 1. The molecular formula is C13H12N2O5S. The van der Waals surface area contributed by atoms with E-state index in [2.05, 4.69) is 9.71 Å². The van der Waals surface area contributed by atoms with Crippen molar-refractivity contribution in [3.05, 3.63) is 48.3 Å². The smallest absolute Gasteiger partial charge is 0.337 e. The number of rotatable bonds is 5. The maximum atomic E-state index is 12.3. The van der Waals surface area contributed by atoms with Gasteiger partial charge in [-0.2, -0.15) is 0 Å². The molecule has 0 saturated heterocycles. The molecule has 0 saturated carbocycles. The lowest BCUT2D eigenvalue weighted by molar-refractivity contribution is 0.0698. The van der Waals surface area contributed by atoms with Crippen molar-refractivity contribution in [2.24, 2.45) is 0 Å². The highest BCUT2D eigenvalue weighted by atomic mass is 32.2. The van der Waals surface area contributed by atoms with Gasteiger partial charge in [0, 0.05) is 6.20 Å². The van der Waals surface area contributed by atoms with Crippen molar-refractivity contribution in [2.45, 2.75) is 4.90 Å². The molecule has 0 spiro atoms. The topological polar surface area (TPSA) is 106 Å². The van der Waals surface area contributed by atoms with Gasteiger partial charge in [0.15, 0.2) is 0 Å². The van der Waals surface area contributed by atoms with Gasteiger partial charge >= 0.3 is 5.97 Å². The van der Waals surface area contributed by atoms with Gasteiger partial charge in [-0.25, -0.2) is 13.2 Å². The summed E-state index contributed by atoms with van der Waals surface area (Å²) in [6.45, 7) is 0. The third-order valence-corrected chi connectivity index (χ3v) is 4.06. The second kappa shape index (κ2) is 5.80. The number of sulfonamides is 1. The van der Waals surface area contributed by atoms with E-state index in [0.29, 0.717) is 0 Å². The Hall–Kier alpha value is -2.61. The van der Waals surface area contributed by atoms with Crippen LogP contribution in [-0.4, -0.2) is 31.6 Å². The van der Waals surface area contributed by atoms with Crippen LogP contribution < -0.4 is 9.46 Å². The average Bonchev–Trinajstić information content (AvgIpc) is 2.47. The molecule has 1 aromatic carbocycles. The third kappa shape index (κ3) is 3.11. The van der Waals surface area contributed by atoms with Crippen LogP contribution >= 0.6 is 0 Å². The number of hydrogen-bond acceptors (Lipinski definition) is 5. The minimum absolute atomic E-state index is 0.0901. The summed E-state index contributed by atoms with van der Waals surface area (Å²) in [4.78, 5) is 14.7. The molecule has 8 heteroatoms. The molecule has 0 aliphatic heterocycles. The van der Waals surface area contributed by atoms with E-state index in [1.54, 1.807) is 12.1 Å². The van der Waals surface area contributed by atoms with E-state index < -0.39 is 16.0 Å². The number of aromatic carboxylic acids is 1. The number of anilines is 1. The van der Waals surface area contributed by atoms with Crippen LogP contribution in [0.1, 0.15) is 10.4 Å². The first-order chi connectivity index (χ1) is 9.95. The summed E-state index contributed by atoms with van der Waals surface area (Å²) in [6.07, 6.45) is 2.40. The number of carboxylic acid groups (broad SMARTS) is 1.